The number of carbonyl (C=O) groups excluding carboxylic acids is 2. The number of nitrogens with one attached hydrogen (secondary N) is 1. The minimum atomic E-state index is -3.88. The van der Waals surface area contributed by atoms with Crippen molar-refractivity contribution < 1.29 is 18.0 Å². The second kappa shape index (κ2) is 5.74. The highest BCUT2D eigenvalue weighted by Gasteiger charge is 2.40. The van der Waals surface area contributed by atoms with E-state index < -0.39 is 21.8 Å². The number of sulfonamides is 1. The van der Waals surface area contributed by atoms with Gasteiger partial charge in [-0.05, 0) is 24.6 Å². The van der Waals surface area contributed by atoms with Gasteiger partial charge in [-0.25, -0.2) is 17.7 Å². The smallest absolute Gasteiger partial charge is 0.269 e. The molecule has 0 aliphatic carbocycles. The van der Waals surface area contributed by atoms with Crippen molar-refractivity contribution in [2.45, 2.75) is 18.2 Å². The highest BCUT2D eigenvalue weighted by molar-refractivity contribution is 7.90. The summed E-state index contributed by atoms with van der Waals surface area (Å²) in [5, 5.41) is 4.71. The van der Waals surface area contributed by atoms with Gasteiger partial charge < -0.3 is 0 Å². The summed E-state index contributed by atoms with van der Waals surface area (Å²) in [6, 6.07) is 4.05. The topological polar surface area (TPSA) is 96.4 Å². The summed E-state index contributed by atoms with van der Waals surface area (Å²) in [6.07, 6.45) is 2.07. The van der Waals surface area contributed by atoms with Gasteiger partial charge in [0, 0.05) is 23.7 Å². The Morgan fingerprint density at radius 1 is 1.39 bits per heavy atom. The van der Waals surface area contributed by atoms with Crippen LogP contribution < -0.4 is 5.32 Å². The van der Waals surface area contributed by atoms with E-state index in [1.165, 1.54) is 29.5 Å². The number of benzene rings is 1. The molecule has 0 unspecified atom stereocenters. The van der Waals surface area contributed by atoms with E-state index in [2.05, 4.69) is 10.3 Å². The molecule has 1 aromatic carbocycles. The van der Waals surface area contributed by atoms with E-state index in [1.54, 1.807) is 18.5 Å². The van der Waals surface area contributed by atoms with Crippen molar-refractivity contribution in [2.75, 3.05) is 11.9 Å². The predicted molar refractivity (Wildman–Crippen MR) is 85.0 cm³/mol. The van der Waals surface area contributed by atoms with Crippen LogP contribution in [0.25, 0.3) is 0 Å². The standard InChI is InChI=1S/C14H13N3O4S2/c1-2-6-17-13(19)10-4-3-9(8-11(10)23(17,20)21)12(18)16-14-15-5-7-22-14/h3-5,7-8H,2,6H2,1H3,(H,15,16,18). The summed E-state index contributed by atoms with van der Waals surface area (Å²) in [6.45, 7) is 1.91. The molecule has 2 aromatic rings. The molecule has 1 N–H and O–H groups in total. The second-order valence-electron chi connectivity index (χ2n) is 4.88. The quantitative estimate of drug-likeness (QED) is 0.908. The Morgan fingerprint density at radius 2 is 2.17 bits per heavy atom. The number of amides is 2. The van der Waals surface area contributed by atoms with Crippen molar-refractivity contribution in [3.05, 3.63) is 40.9 Å². The monoisotopic (exact) mass is 351 g/mol. The molecule has 9 heteroatoms. The Balaban J connectivity index is 1.96. The Hall–Kier alpha value is -2.26. The fraction of sp³-hybridized carbons (Fsp3) is 0.214. The summed E-state index contributed by atoms with van der Waals surface area (Å²) in [4.78, 5) is 28.2. The highest BCUT2D eigenvalue weighted by atomic mass is 32.2. The molecule has 2 amide bonds. The van der Waals surface area contributed by atoms with E-state index in [9.17, 15) is 18.0 Å². The van der Waals surface area contributed by atoms with Gasteiger partial charge in [0.2, 0.25) is 0 Å². The van der Waals surface area contributed by atoms with Crippen LogP contribution in [0.3, 0.4) is 0 Å². The number of aromatic nitrogens is 1. The number of hydrogen-bond acceptors (Lipinski definition) is 6. The average Bonchev–Trinajstić information content (AvgIpc) is 3.09. The van der Waals surface area contributed by atoms with Crippen molar-refractivity contribution in [1.82, 2.24) is 9.29 Å². The van der Waals surface area contributed by atoms with E-state index in [1.807, 2.05) is 0 Å². The third-order valence-electron chi connectivity index (χ3n) is 3.35. The predicted octanol–water partition coefficient (Wildman–Crippen LogP) is 1.95. The van der Waals surface area contributed by atoms with E-state index >= 15 is 0 Å². The third kappa shape index (κ3) is 2.62. The maximum atomic E-state index is 12.4. The zero-order valence-electron chi connectivity index (χ0n) is 12.1. The van der Waals surface area contributed by atoms with Crippen LogP contribution in [0.5, 0.6) is 0 Å². The first-order valence-corrected chi connectivity index (χ1v) is 9.19. The molecule has 0 saturated carbocycles. The Morgan fingerprint density at radius 3 is 2.83 bits per heavy atom. The lowest BCUT2D eigenvalue weighted by molar-refractivity contribution is 0.0870. The van der Waals surface area contributed by atoms with E-state index in [0.717, 1.165) is 4.31 Å². The van der Waals surface area contributed by atoms with E-state index in [4.69, 9.17) is 0 Å². The first kappa shape index (κ1) is 15.6. The van der Waals surface area contributed by atoms with Crippen LogP contribution in [0.4, 0.5) is 5.13 Å². The molecule has 1 aliphatic heterocycles. The summed E-state index contributed by atoms with van der Waals surface area (Å²) in [5.74, 6) is -1.02. The first-order chi connectivity index (χ1) is 10.9. The molecule has 0 bridgehead atoms. The maximum absolute atomic E-state index is 12.4. The molecule has 3 rings (SSSR count). The van der Waals surface area contributed by atoms with Crippen molar-refractivity contribution in [1.29, 1.82) is 0 Å². The number of hydrogen-bond donors (Lipinski definition) is 1. The number of carbonyl (C=O) groups is 2. The van der Waals surface area contributed by atoms with Gasteiger partial charge in [-0.2, -0.15) is 0 Å². The number of fused-ring (bicyclic) bond motifs is 1. The molecular weight excluding hydrogens is 338 g/mol. The largest absolute Gasteiger partial charge is 0.298 e. The lowest BCUT2D eigenvalue weighted by Crippen LogP contribution is -2.30. The second-order valence-corrected chi connectivity index (χ2v) is 7.61. The van der Waals surface area contributed by atoms with Crippen LogP contribution in [0.15, 0.2) is 34.7 Å². The van der Waals surface area contributed by atoms with Gasteiger partial charge in [0.15, 0.2) is 5.13 Å². The summed E-state index contributed by atoms with van der Waals surface area (Å²) in [5.41, 5.74) is 0.262. The van der Waals surface area contributed by atoms with E-state index in [-0.39, 0.29) is 22.6 Å². The van der Waals surface area contributed by atoms with Crippen LogP contribution in [-0.4, -0.2) is 36.1 Å². The van der Waals surface area contributed by atoms with Crippen LogP contribution >= 0.6 is 11.3 Å². The zero-order valence-corrected chi connectivity index (χ0v) is 13.8. The molecule has 0 fully saturated rings. The molecule has 120 valence electrons. The van der Waals surface area contributed by atoms with Gasteiger partial charge in [0.05, 0.1) is 5.56 Å². The summed E-state index contributed by atoms with van der Waals surface area (Å²) >= 11 is 1.25. The molecule has 0 atom stereocenters. The SMILES string of the molecule is CCCN1C(=O)c2ccc(C(=O)Nc3nccs3)cc2S1(=O)=O. The Bertz CT molecular complexity index is 875. The Labute approximate surface area is 137 Å². The van der Waals surface area contributed by atoms with Gasteiger partial charge >= 0.3 is 0 Å². The summed E-state index contributed by atoms with van der Waals surface area (Å²) < 4.78 is 25.7. The molecule has 7 nitrogen and oxygen atoms in total. The van der Waals surface area contributed by atoms with Crippen LogP contribution in [0.2, 0.25) is 0 Å². The van der Waals surface area contributed by atoms with Gasteiger partial charge in [0.25, 0.3) is 21.8 Å². The molecule has 0 saturated heterocycles. The normalized spacial score (nSPS) is 15.5. The number of nitrogens with zero attached hydrogens (tertiary/aromatic N) is 2. The fourth-order valence-corrected chi connectivity index (χ4v) is 4.51. The molecule has 1 aliphatic rings. The van der Waals surface area contributed by atoms with Gasteiger partial charge in [-0.15, -0.1) is 11.3 Å². The Kier molecular flexibility index (Phi) is 3.90. The van der Waals surface area contributed by atoms with Gasteiger partial charge in [0.1, 0.15) is 4.90 Å². The lowest BCUT2D eigenvalue weighted by atomic mass is 10.1. The van der Waals surface area contributed by atoms with Crippen LogP contribution in [0.1, 0.15) is 34.1 Å². The highest BCUT2D eigenvalue weighted by Crippen LogP contribution is 2.31. The molecule has 1 aromatic heterocycles. The van der Waals surface area contributed by atoms with Gasteiger partial charge in [-0.1, -0.05) is 6.92 Å². The van der Waals surface area contributed by atoms with Crippen molar-refractivity contribution >= 4 is 38.3 Å². The van der Waals surface area contributed by atoms with Crippen molar-refractivity contribution in [3.63, 3.8) is 0 Å². The third-order valence-corrected chi connectivity index (χ3v) is 5.86. The fourth-order valence-electron chi connectivity index (χ4n) is 2.30. The maximum Gasteiger partial charge on any atom is 0.269 e. The molecular formula is C14H13N3O4S2. The lowest BCUT2D eigenvalue weighted by Gasteiger charge is -2.13. The molecule has 23 heavy (non-hydrogen) atoms. The average molecular weight is 351 g/mol. The molecule has 0 radical (unpaired) electrons. The zero-order chi connectivity index (χ0) is 16.6. The minimum Gasteiger partial charge on any atom is -0.298 e. The molecule has 0 spiro atoms. The first-order valence-electron chi connectivity index (χ1n) is 6.87. The van der Waals surface area contributed by atoms with Crippen molar-refractivity contribution in [3.8, 4) is 0 Å². The van der Waals surface area contributed by atoms with Crippen molar-refractivity contribution in [2.24, 2.45) is 0 Å². The number of rotatable bonds is 4. The van der Waals surface area contributed by atoms with Crippen LogP contribution in [0, 0.1) is 0 Å². The van der Waals surface area contributed by atoms with Crippen LogP contribution in [-0.2, 0) is 10.0 Å². The number of thiazole rings is 1. The number of anilines is 1. The van der Waals surface area contributed by atoms with E-state index in [0.29, 0.717) is 11.6 Å². The summed E-state index contributed by atoms with van der Waals surface area (Å²) in [7, 11) is -3.88. The molecule has 2 heterocycles. The minimum absolute atomic E-state index is 0.101. The van der Waals surface area contributed by atoms with Gasteiger partial charge in [-0.3, -0.25) is 14.9 Å².